The molecule has 4 heteroatoms. The Morgan fingerprint density at radius 3 is 2.04 bits per heavy atom. The van der Waals surface area contributed by atoms with Gasteiger partial charge in [0, 0.05) is 19.6 Å². The van der Waals surface area contributed by atoms with Gasteiger partial charge in [0.15, 0.2) is 0 Å². The molecule has 128 valence electrons. The van der Waals surface area contributed by atoms with Crippen LogP contribution in [-0.4, -0.2) is 43.7 Å². The standard InChI is InChI=1S/C20H26N2O2/c21-13-15-22(14-11-18-7-3-1-4-8-18)20(23)17-24-16-12-19-9-5-2-6-10-19/h1-10H,11-17,21H2. The van der Waals surface area contributed by atoms with Crippen molar-refractivity contribution in [2.45, 2.75) is 12.8 Å². The van der Waals surface area contributed by atoms with Crippen LogP contribution in [0.15, 0.2) is 60.7 Å². The maximum absolute atomic E-state index is 12.3. The number of hydrogen-bond acceptors (Lipinski definition) is 3. The van der Waals surface area contributed by atoms with Crippen LogP contribution in [0.1, 0.15) is 11.1 Å². The minimum atomic E-state index is 0.00411. The fraction of sp³-hybridized carbons (Fsp3) is 0.350. The van der Waals surface area contributed by atoms with Gasteiger partial charge < -0.3 is 15.4 Å². The highest BCUT2D eigenvalue weighted by atomic mass is 16.5. The molecule has 0 aliphatic heterocycles. The van der Waals surface area contributed by atoms with Crippen LogP contribution in [0.2, 0.25) is 0 Å². The number of amides is 1. The van der Waals surface area contributed by atoms with Gasteiger partial charge in [0.05, 0.1) is 6.61 Å². The lowest BCUT2D eigenvalue weighted by Crippen LogP contribution is -2.39. The average Bonchev–Trinajstić information content (AvgIpc) is 2.64. The van der Waals surface area contributed by atoms with Gasteiger partial charge in [0.25, 0.3) is 0 Å². The van der Waals surface area contributed by atoms with Crippen LogP contribution in [0.5, 0.6) is 0 Å². The molecule has 24 heavy (non-hydrogen) atoms. The minimum absolute atomic E-state index is 0.00411. The van der Waals surface area contributed by atoms with Gasteiger partial charge >= 0.3 is 0 Å². The monoisotopic (exact) mass is 326 g/mol. The van der Waals surface area contributed by atoms with Crippen molar-refractivity contribution >= 4 is 5.91 Å². The lowest BCUT2D eigenvalue weighted by atomic mass is 10.1. The molecule has 0 fully saturated rings. The van der Waals surface area contributed by atoms with E-state index in [-0.39, 0.29) is 12.5 Å². The van der Waals surface area contributed by atoms with Crippen LogP contribution in [0.4, 0.5) is 0 Å². The molecule has 0 aromatic heterocycles. The number of carbonyl (C=O) groups is 1. The second-order valence-corrected chi connectivity index (χ2v) is 5.69. The first-order valence-corrected chi connectivity index (χ1v) is 8.43. The van der Waals surface area contributed by atoms with E-state index in [0.29, 0.717) is 26.2 Å². The van der Waals surface area contributed by atoms with Gasteiger partial charge in [-0.3, -0.25) is 4.79 Å². The fourth-order valence-corrected chi connectivity index (χ4v) is 2.51. The number of hydrogen-bond donors (Lipinski definition) is 1. The molecule has 2 aromatic rings. The Morgan fingerprint density at radius 2 is 1.46 bits per heavy atom. The summed E-state index contributed by atoms with van der Waals surface area (Å²) in [5.74, 6) is 0.00411. The van der Waals surface area contributed by atoms with Gasteiger partial charge in [0.1, 0.15) is 6.61 Å². The second kappa shape index (κ2) is 10.6. The van der Waals surface area contributed by atoms with Crippen molar-refractivity contribution in [3.63, 3.8) is 0 Å². The van der Waals surface area contributed by atoms with Gasteiger partial charge in [-0.1, -0.05) is 60.7 Å². The zero-order valence-electron chi connectivity index (χ0n) is 14.1. The van der Waals surface area contributed by atoms with E-state index < -0.39 is 0 Å². The summed E-state index contributed by atoms with van der Waals surface area (Å²) in [7, 11) is 0. The number of nitrogens with two attached hydrogens (primary N) is 1. The molecule has 0 bridgehead atoms. The highest BCUT2D eigenvalue weighted by Gasteiger charge is 2.12. The van der Waals surface area contributed by atoms with Crippen molar-refractivity contribution in [1.29, 1.82) is 0 Å². The molecule has 0 atom stereocenters. The molecule has 0 saturated carbocycles. The van der Waals surface area contributed by atoms with Crippen molar-refractivity contribution in [2.75, 3.05) is 32.8 Å². The Kier molecular flexibility index (Phi) is 8.01. The third-order valence-electron chi connectivity index (χ3n) is 3.87. The molecule has 0 heterocycles. The van der Waals surface area contributed by atoms with E-state index in [9.17, 15) is 4.79 Å². The van der Waals surface area contributed by atoms with E-state index in [1.165, 1.54) is 11.1 Å². The van der Waals surface area contributed by atoms with Crippen molar-refractivity contribution in [3.8, 4) is 0 Å². The quantitative estimate of drug-likeness (QED) is 0.682. The van der Waals surface area contributed by atoms with Crippen molar-refractivity contribution in [2.24, 2.45) is 5.73 Å². The highest BCUT2D eigenvalue weighted by Crippen LogP contribution is 2.03. The zero-order valence-corrected chi connectivity index (χ0v) is 14.1. The first-order valence-electron chi connectivity index (χ1n) is 8.43. The summed E-state index contributed by atoms with van der Waals surface area (Å²) in [6.45, 7) is 2.35. The predicted octanol–water partition coefficient (Wildman–Crippen LogP) is 2.28. The van der Waals surface area contributed by atoms with Gasteiger partial charge in [0.2, 0.25) is 5.91 Å². The number of nitrogens with zero attached hydrogens (tertiary/aromatic N) is 1. The Bertz CT molecular complexity index is 587. The molecule has 0 radical (unpaired) electrons. The van der Waals surface area contributed by atoms with Crippen LogP contribution in [-0.2, 0) is 22.4 Å². The van der Waals surface area contributed by atoms with Crippen LogP contribution in [0, 0.1) is 0 Å². The molecule has 0 aliphatic rings. The topological polar surface area (TPSA) is 55.6 Å². The molecule has 0 unspecified atom stereocenters. The van der Waals surface area contributed by atoms with E-state index in [1.54, 1.807) is 4.90 Å². The van der Waals surface area contributed by atoms with Crippen LogP contribution < -0.4 is 5.73 Å². The molecule has 4 nitrogen and oxygen atoms in total. The van der Waals surface area contributed by atoms with Crippen LogP contribution in [0.3, 0.4) is 0 Å². The Morgan fingerprint density at radius 1 is 0.875 bits per heavy atom. The smallest absolute Gasteiger partial charge is 0.248 e. The summed E-state index contributed by atoms with van der Waals surface area (Å²) < 4.78 is 5.55. The van der Waals surface area contributed by atoms with Gasteiger partial charge in [-0.05, 0) is 24.0 Å². The third-order valence-corrected chi connectivity index (χ3v) is 3.87. The van der Waals surface area contributed by atoms with E-state index >= 15 is 0 Å². The molecule has 2 aromatic carbocycles. The molecule has 0 saturated heterocycles. The summed E-state index contributed by atoms with van der Waals surface area (Å²) in [6.07, 6.45) is 1.64. The zero-order chi connectivity index (χ0) is 17.0. The highest BCUT2D eigenvalue weighted by molar-refractivity contribution is 5.77. The molecule has 0 spiro atoms. The second-order valence-electron chi connectivity index (χ2n) is 5.69. The van der Waals surface area contributed by atoms with Crippen LogP contribution in [0.25, 0.3) is 0 Å². The van der Waals surface area contributed by atoms with E-state index in [2.05, 4.69) is 24.3 Å². The Labute approximate surface area is 144 Å². The minimum Gasteiger partial charge on any atom is -0.371 e. The largest absolute Gasteiger partial charge is 0.371 e. The van der Waals surface area contributed by atoms with E-state index in [1.807, 2.05) is 36.4 Å². The van der Waals surface area contributed by atoms with Crippen molar-refractivity contribution in [3.05, 3.63) is 71.8 Å². The summed E-state index contributed by atoms with van der Waals surface area (Å²) in [6, 6.07) is 20.3. The predicted molar refractivity (Wildman–Crippen MR) is 96.7 cm³/mol. The van der Waals surface area contributed by atoms with E-state index in [4.69, 9.17) is 10.5 Å². The van der Waals surface area contributed by atoms with Crippen molar-refractivity contribution < 1.29 is 9.53 Å². The van der Waals surface area contributed by atoms with Crippen LogP contribution >= 0.6 is 0 Å². The molecular weight excluding hydrogens is 300 g/mol. The normalized spacial score (nSPS) is 10.5. The lowest BCUT2D eigenvalue weighted by Gasteiger charge is -2.22. The first kappa shape index (κ1) is 18.2. The van der Waals surface area contributed by atoms with Crippen molar-refractivity contribution in [1.82, 2.24) is 4.90 Å². The van der Waals surface area contributed by atoms with Gasteiger partial charge in [-0.2, -0.15) is 0 Å². The average molecular weight is 326 g/mol. The summed E-state index contributed by atoms with van der Waals surface area (Å²) >= 11 is 0. The van der Waals surface area contributed by atoms with Gasteiger partial charge in [-0.15, -0.1) is 0 Å². The summed E-state index contributed by atoms with van der Waals surface area (Å²) in [5, 5.41) is 0. The van der Waals surface area contributed by atoms with E-state index in [0.717, 1.165) is 12.8 Å². The fourth-order valence-electron chi connectivity index (χ4n) is 2.51. The molecule has 1 amide bonds. The summed E-state index contributed by atoms with van der Waals surface area (Å²) in [4.78, 5) is 14.1. The lowest BCUT2D eigenvalue weighted by molar-refractivity contribution is -0.136. The maximum Gasteiger partial charge on any atom is 0.248 e. The summed E-state index contributed by atoms with van der Waals surface area (Å²) in [5.41, 5.74) is 8.07. The van der Waals surface area contributed by atoms with Gasteiger partial charge in [-0.25, -0.2) is 0 Å². The third kappa shape index (κ3) is 6.52. The molecule has 2 N–H and O–H groups in total. The first-order chi connectivity index (χ1) is 11.8. The number of ether oxygens (including phenoxy) is 1. The number of rotatable bonds is 10. The number of carbonyl (C=O) groups excluding carboxylic acids is 1. The Hall–Kier alpha value is -2.17. The SMILES string of the molecule is NCCN(CCc1ccccc1)C(=O)COCCc1ccccc1. The molecular formula is C20H26N2O2. The molecule has 0 aliphatic carbocycles. The Balaban J connectivity index is 1.72. The number of benzene rings is 2. The molecule has 2 rings (SSSR count). The maximum atomic E-state index is 12.3.